The van der Waals surface area contributed by atoms with Crippen molar-refractivity contribution in [3.05, 3.63) is 35.4 Å². The summed E-state index contributed by atoms with van der Waals surface area (Å²) in [7, 11) is -5.17. The number of rotatable bonds is 5. The molecule has 0 saturated carbocycles. The average Bonchev–Trinajstić information content (AvgIpc) is 2.60. The number of carboxylic acids is 5. The summed E-state index contributed by atoms with van der Waals surface area (Å²) in [6.07, 6.45) is 0.961. The summed E-state index contributed by atoms with van der Waals surface area (Å²) in [4.78, 5) is 48.3. The molecule has 1 aromatic carbocycles. The molecule has 0 saturated heterocycles. The summed E-state index contributed by atoms with van der Waals surface area (Å²) in [6.45, 7) is 4.31. The van der Waals surface area contributed by atoms with Crippen LogP contribution in [0.2, 0.25) is 0 Å². The molecule has 1 rings (SSSR count). The minimum atomic E-state index is -5.17. The molecule has 0 bridgehead atoms. The van der Waals surface area contributed by atoms with Crippen molar-refractivity contribution in [1.29, 1.82) is 0 Å². The predicted molar refractivity (Wildman–Crippen MR) is 114 cm³/mol. The number of carbonyl (C=O) groups is 5. The van der Waals surface area contributed by atoms with Crippen LogP contribution < -0.4 is 37.9 Å². The summed E-state index contributed by atoms with van der Waals surface area (Å²) in [5.74, 6) is -6.08. The van der Waals surface area contributed by atoms with Gasteiger partial charge in [0.25, 0.3) is 0 Å². The van der Waals surface area contributed by atoms with Crippen molar-refractivity contribution in [2.45, 2.75) is 40.0 Å². The van der Waals surface area contributed by atoms with Gasteiger partial charge in [-0.2, -0.15) is 0 Å². The van der Waals surface area contributed by atoms with E-state index in [1.165, 1.54) is 19.1 Å². The van der Waals surface area contributed by atoms with Crippen molar-refractivity contribution in [2.75, 3.05) is 0 Å². The quantitative estimate of drug-likeness (QED) is 0.154. The second-order valence-electron chi connectivity index (χ2n) is 4.87. The van der Waals surface area contributed by atoms with Gasteiger partial charge < -0.3 is 71.0 Å². The Morgan fingerprint density at radius 3 is 1.00 bits per heavy atom. The first-order valence-corrected chi connectivity index (χ1v) is 9.49. The largest absolute Gasteiger partial charge is 3.00 e. The molecule has 0 spiro atoms. The SMILES string of the molecule is CC(=O)[O-].CCC(=O)[O-].CCCC(=O)[O-].O=C([O-])c1ccccc1C(=O)[O-].O=S(=O)([O-])[O-].[Ca+2].[Ca+2].[Cl-].[Cr+3].[Cr+3].[Mg+2].[Mg+2]. The van der Waals surface area contributed by atoms with Crippen LogP contribution in [0.4, 0.5) is 0 Å². The van der Waals surface area contributed by atoms with E-state index in [2.05, 4.69) is 0 Å². The van der Waals surface area contributed by atoms with Crippen molar-refractivity contribution < 1.29 is 114 Å². The number of carbonyl (C=O) groups excluding carboxylic acids is 5. The number of aliphatic carboxylic acids is 3. The molecule has 0 aliphatic carbocycles. The minimum absolute atomic E-state index is 0. The maximum atomic E-state index is 10.3. The van der Waals surface area contributed by atoms with Crippen molar-refractivity contribution in [2.24, 2.45) is 0 Å². The van der Waals surface area contributed by atoms with Gasteiger partial charge in [-0.05, 0) is 19.8 Å². The number of hydrogen-bond donors (Lipinski definition) is 0. The van der Waals surface area contributed by atoms with Crippen LogP contribution in [0.5, 0.6) is 0 Å². The molecule has 2 radical (unpaired) electrons. The van der Waals surface area contributed by atoms with Crippen LogP contribution >= 0.6 is 0 Å². The third kappa shape index (κ3) is 85.4. The van der Waals surface area contributed by atoms with Crippen LogP contribution in [0, 0.1) is 0 Å². The fourth-order valence-electron chi connectivity index (χ4n) is 1.04. The molecule has 198 valence electrons. The van der Waals surface area contributed by atoms with Gasteiger partial charge in [-0.3, -0.25) is 8.42 Å². The topological polar surface area (TPSA) is 281 Å². The Morgan fingerprint density at radius 2 is 0.923 bits per heavy atom. The summed E-state index contributed by atoms with van der Waals surface area (Å²) in [6, 6.07) is 5.14. The van der Waals surface area contributed by atoms with Gasteiger partial charge in [0.1, 0.15) is 0 Å². The Labute approximate surface area is 346 Å². The van der Waals surface area contributed by atoms with Crippen LogP contribution in [0.3, 0.4) is 0 Å². The Kier molecular flexibility index (Phi) is 87.4. The maximum absolute atomic E-state index is 10.3. The van der Waals surface area contributed by atoms with E-state index in [4.69, 9.17) is 27.4 Å². The first-order valence-electron chi connectivity index (χ1n) is 8.16. The standard InChI is InChI=1S/C8H6O4.C4H8O2.C3H6O2.C2H4O2.2Ca.ClH.2Cr.2Mg.H2O4S/c9-7(10)5-3-1-2-4-6(5)8(11)12;1-2-3-4(5)6;1-2-3(4)5;1-2(3)4;;;;;;;;1-5(2,3)4/h1-4H,(H,9,10)(H,11,12);2-3H2,1H3,(H,5,6);2H2,1H3,(H,4,5);1H3,(H,3,4);;;1H;;;;;(H2,1,2,3,4)/q;;;;2*+2;;2*+3;2*+2;/p-8. The third-order valence-corrected chi connectivity index (χ3v) is 2.11. The predicted octanol–water partition coefficient (Wildman–Crippen LogP) is -10.0. The van der Waals surface area contributed by atoms with Crippen LogP contribution in [0.25, 0.3) is 0 Å². The van der Waals surface area contributed by atoms with Gasteiger partial charge in [0.15, 0.2) is 0 Å². The van der Waals surface area contributed by atoms with Gasteiger partial charge in [-0.15, -0.1) is 0 Å². The molecular formula is C17H19Ca2ClCr2Mg2O14S+6. The van der Waals surface area contributed by atoms with Crippen LogP contribution in [0.1, 0.15) is 60.7 Å². The molecule has 0 fully saturated rings. The van der Waals surface area contributed by atoms with E-state index in [-0.39, 0.29) is 193 Å². The van der Waals surface area contributed by atoms with Gasteiger partial charge >= 0.3 is 156 Å². The molecule has 0 aliphatic heterocycles. The Balaban J connectivity index is -0.0000000285. The summed E-state index contributed by atoms with van der Waals surface area (Å²) in [5, 5.41) is 48.3. The molecule has 1 aromatic rings. The zero-order valence-electron chi connectivity index (χ0n) is 21.1. The number of aromatic carboxylic acids is 2. The zero-order valence-corrected chi connectivity index (χ0v) is 32.4. The fraction of sp³-hybridized carbons (Fsp3) is 0.353. The number of benzene rings is 1. The van der Waals surface area contributed by atoms with E-state index in [0.29, 0.717) is 6.42 Å². The van der Waals surface area contributed by atoms with Crippen molar-refractivity contribution in [1.82, 2.24) is 0 Å². The monoisotopic (exact) mass is 746 g/mol. The molecule has 0 aromatic heterocycles. The van der Waals surface area contributed by atoms with Gasteiger partial charge in [0.05, 0.1) is 11.9 Å². The summed E-state index contributed by atoms with van der Waals surface area (Å²) >= 11 is 0. The van der Waals surface area contributed by atoms with Crippen LogP contribution in [-0.2, 0) is 59.5 Å². The molecule has 0 atom stereocenters. The second kappa shape index (κ2) is 46.8. The van der Waals surface area contributed by atoms with E-state index >= 15 is 0 Å². The summed E-state index contributed by atoms with van der Waals surface area (Å²) < 4.78 is 34.1. The average molecular weight is 748 g/mol. The van der Waals surface area contributed by atoms with Crippen LogP contribution in [0.15, 0.2) is 24.3 Å². The molecule has 39 heavy (non-hydrogen) atoms. The van der Waals surface area contributed by atoms with E-state index in [1.54, 1.807) is 6.92 Å². The van der Waals surface area contributed by atoms with E-state index in [1.807, 2.05) is 0 Å². The first-order chi connectivity index (χ1) is 14.4. The Bertz CT molecular complexity index is 825. The van der Waals surface area contributed by atoms with Gasteiger partial charge in [0.2, 0.25) is 0 Å². The maximum Gasteiger partial charge on any atom is 3.00 e. The van der Waals surface area contributed by atoms with Crippen molar-refractivity contribution >= 4 is 162 Å². The molecule has 14 nitrogen and oxygen atoms in total. The van der Waals surface area contributed by atoms with Crippen LogP contribution in [-0.4, -0.2) is 169 Å². The van der Waals surface area contributed by atoms with Gasteiger partial charge in [-0.1, -0.05) is 44.5 Å². The molecule has 0 aliphatic rings. The molecule has 0 heterocycles. The van der Waals surface area contributed by atoms with E-state index < -0.39 is 40.2 Å². The van der Waals surface area contributed by atoms with Gasteiger partial charge in [0, 0.05) is 39.4 Å². The van der Waals surface area contributed by atoms with Crippen molar-refractivity contribution in [3.63, 3.8) is 0 Å². The third-order valence-electron chi connectivity index (χ3n) is 2.11. The van der Waals surface area contributed by atoms with E-state index in [9.17, 15) is 39.6 Å². The van der Waals surface area contributed by atoms with Gasteiger partial charge in [-0.25, -0.2) is 0 Å². The molecule has 0 amide bonds. The zero-order chi connectivity index (χ0) is 26.5. The normalized spacial score (nSPS) is 7.21. The van der Waals surface area contributed by atoms with Crippen molar-refractivity contribution in [3.8, 4) is 0 Å². The molecular weight excluding hydrogens is 728 g/mol. The number of halogens is 1. The first kappa shape index (κ1) is 72.8. The Morgan fingerprint density at radius 1 is 0.718 bits per heavy atom. The second-order valence-corrected chi connectivity index (χ2v) is 5.68. The molecule has 0 unspecified atom stereocenters. The Hall–Kier alpha value is 1.85. The molecule has 0 N–H and O–H groups in total. The molecule has 22 heteroatoms. The summed E-state index contributed by atoms with van der Waals surface area (Å²) in [5.41, 5.74) is -0.727. The number of hydrogen-bond acceptors (Lipinski definition) is 14. The number of carboxylic acid groups (broad SMARTS) is 5. The fourth-order valence-corrected chi connectivity index (χ4v) is 1.04. The smallest absolute Gasteiger partial charge is 1.00 e. The van der Waals surface area contributed by atoms with E-state index in [0.717, 1.165) is 19.1 Å². The minimum Gasteiger partial charge on any atom is -1.00 e.